The Morgan fingerprint density at radius 1 is 1.67 bits per heavy atom. The fourth-order valence-corrected chi connectivity index (χ4v) is 2.35. The van der Waals surface area contributed by atoms with Gasteiger partial charge in [0.15, 0.2) is 0 Å². The van der Waals surface area contributed by atoms with Gasteiger partial charge in [0.25, 0.3) is 5.91 Å². The van der Waals surface area contributed by atoms with Gasteiger partial charge in [-0.2, -0.15) is 0 Å². The van der Waals surface area contributed by atoms with Gasteiger partial charge in [-0.1, -0.05) is 0 Å². The zero-order valence-electron chi connectivity index (χ0n) is 9.12. The summed E-state index contributed by atoms with van der Waals surface area (Å²) in [5.41, 5.74) is 0. The highest BCUT2D eigenvalue weighted by Crippen LogP contribution is 2.33. The molecule has 1 saturated carbocycles. The Balaban J connectivity index is 1.95. The first-order chi connectivity index (χ1) is 7.15. The van der Waals surface area contributed by atoms with E-state index in [1.54, 1.807) is 6.20 Å². The summed E-state index contributed by atoms with van der Waals surface area (Å²) < 4.78 is 0. The monoisotopic (exact) mass is 224 g/mol. The number of hydrogen-bond acceptors (Lipinski definition) is 3. The van der Waals surface area contributed by atoms with E-state index in [4.69, 9.17) is 0 Å². The summed E-state index contributed by atoms with van der Waals surface area (Å²) in [6.07, 6.45) is 5.40. The van der Waals surface area contributed by atoms with Crippen LogP contribution in [-0.2, 0) is 6.42 Å². The van der Waals surface area contributed by atoms with Crippen molar-refractivity contribution in [2.24, 2.45) is 5.92 Å². The number of aromatic nitrogens is 1. The van der Waals surface area contributed by atoms with E-state index in [1.807, 2.05) is 13.8 Å². The fourth-order valence-electron chi connectivity index (χ4n) is 1.41. The van der Waals surface area contributed by atoms with Crippen molar-refractivity contribution in [1.82, 2.24) is 10.3 Å². The summed E-state index contributed by atoms with van der Waals surface area (Å²) in [5.74, 6) is 0.835. The molecule has 0 bridgehead atoms. The Morgan fingerprint density at radius 3 is 3.00 bits per heavy atom. The van der Waals surface area contributed by atoms with E-state index in [2.05, 4.69) is 10.3 Å². The summed E-state index contributed by atoms with van der Waals surface area (Å²) >= 11 is 1.53. The first-order valence-corrected chi connectivity index (χ1v) is 6.22. The number of carbonyl (C=O) groups excluding carboxylic acids is 1. The lowest BCUT2D eigenvalue weighted by molar-refractivity contribution is 0.0947. The predicted molar refractivity (Wildman–Crippen MR) is 61.1 cm³/mol. The van der Waals surface area contributed by atoms with Crippen molar-refractivity contribution in [1.29, 1.82) is 0 Å². The van der Waals surface area contributed by atoms with Crippen molar-refractivity contribution in [3.05, 3.63) is 16.1 Å². The molecule has 2 rings (SSSR count). The number of rotatable bonds is 4. The molecule has 1 aliphatic rings. The minimum Gasteiger partial charge on any atom is -0.349 e. The van der Waals surface area contributed by atoms with E-state index in [9.17, 15) is 4.79 Å². The van der Waals surface area contributed by atoms with Crippen LogP contribution in [0.3, 0.4) is 0 Å². The van der Waals surface area contributed by atoms with Crippen LogP contribution in [0.25, 0.3) is 0 Å². The molecular formula is C11H16N2OS. The Morgan fingerprint density at radius 2 is 2.40 bits per heavy atom. The van der Waals surface area contributed by atoms with Crippen LogP contribution >= 0.6 is 11.3 Å². The van der Waals surface area contributed by atoms with E-state index in [-0.39, 0.29) is 11.9 Å². The topological polar surface area (TPSA) is 42.0 Å². The molecule has 3 nitrogen and oxygen atoms in total. The SMILES string of the molecule is CC(C)NC(=O)c1cnc(CC2CC2)s1. The van der Waals surface area contributed by atoms with Gasteiger partial charge in [-0.05, 0) is 32.6 Å². The normalized spacial score (nSPS) is 15.7. The molecular weight excluding hydrogens is 208 g/mol. The Hall–Kier alpha value is -0.900. The van der Waals surface area contributed by atoms with Gasteiger partial charge in [0.1, 0.15) is 4.88 Å². The third-order valence-corrected chi connectivity index (χ3v) is 3.38. The fraction of sp³-hybridized carbons (Fsp3) is 0.636. The maximum atomic E-state index is 11.6. The molecule has 0 unspecified atom stereocenters. The second kappa shape index (κ2) is 4.31. The molecule has 1 amide bonds. The molecule has 0 radical (unpaired) electrons. The molecule has 1 aromatic rings. The Kier molecular flexibility index (Phi) is 3.05. The molecule has 1 heterocycles. The van der Waals surface area contributed by atoms with Gasteiger partial charge in [0, 0.05) is 12.5 Å². The molecule has 0 saturated heterocycles. The molecule has 0 aromatic carbocycles. The van der Waals surface area contributed by atoms with Gasteiger partial charge in [-0.3, -0.25) is 4.79 Å². The van der Waals surface area contributed by atoms with Crippen molar-refractivity contribution >= 4 is 17.2 Å². The smallest absolute Gasteiger partial charge is 0.263 e. The van der Waals surface area contributed by atoms with Crippen molar-refractivity contribution in [3.8, 4) is 0 Å². The van der Waals surface area contributed by atoms with Crippen molar-refractivity contribution < 1.29 is 4.79 Å². The minimum atomic E-state index is 0.00421. The Bertz CT molecular complexity index is 355. The summed E-state index contributed by atoms with van der Waals surface area (Å²) in [7, 11) is 0. The van der Waals surface area contributed by atoms with Gasteiger partial charge in [-0.25, -0.2) is 4.98 Å². The van der Waals surface area contributed by atoms with Crippen molar-refractivity contribution in [2.45, 2.75) is 39.2 Å². The second-order valence-corrected chi connectivity index (χ2v) is 5.51. The van der Waals surface area contributed by atoms with E-state index in [1.165, 1.54) is 24.2 Å². The third kappa shape index (κ3) is 3.02. The molecule has 0 aliphatic heterocycles. The maximum Gasteiger partial charge on any atom is 0.263 e. The number of amides is 1. The number of hydrogen-bond donors (Lipinski definition) is 1. The van der Waals surface area contributed by atoms with Crippen LogP contribution in [0.5, 0.6) is 0 Å². The summed E-state index contributed by atoms with van der Waals surface area (Å²) in [4.78, 5) is 16.6. The molecule has 15 heavy (non-hydrogen) atoms. The predicted octanol–water partition coefficient (Wildman–Crippen LogP) is 2.23. The van der Waals surface area contributed by atoms with Crippen LogP contribution in [-0.4, -0.2) is 16.9 Å². The summed E-state index contributed by atoms with van der Waals surface area (Å²) in [5, 5.41) is 3.98. The Labute approximate surface area is 93.9 Å². The van der Waals surface area contributed by atoms with Gasteiger partial charge < -0.3 is 5.32 Å². The summed E-state index contributed by atoms with van der Waals surface area (Å²) in [6, 6.07) is 0.187. The largest absolute Gasteiger partial charge is 0.349 e. The van der Waals surface area contributed by atoms with Gasteiger partial charge >= 0.3 is 0 Å². The zero-order valence-corrected chi connectivity index (χ0v) is 9.93. The molecule has 4 heteroatoms. The van der Waals surface area contributed by atoms with Gasteiger partial charge in [0.2, 0.25) is 0 Å². The number of nitrogens with one attached hydrogen (secondary N) is 1. The number of nitrogens with zero attached hydrogens (tertiary/aromatic N) is 1. The molecule has 1 fully saturated rings. The lowest BCUT2D eigenvalue weighted by atomic mass is 10.3. The molecule has 82 valence electrons. The maximum absolute atomic E-state index is 11.6. The highest BCUT2D eigenvalue weighted by molar-refractivity contribution is 7.13. The van der Waals surface area contributed by atoms with E-state index in [0.29, 0.717) is 0 Å². The van der Waals surface area contributed by atoms with Crippen LogP contribution in [0.15, 0.2) is 6.20 Å². The molecule has 1 N–H and O–H groups in total. The molecule has 0 atom stereocenters. The highest BCUT2D eigenvalue weighted by Gasteiger charge is 2.23. The van der Waals surface area contributed by atoms with Crippen molar-refractivity contribution in [3.63, 3.8) is 0 Å². The van der Waals surface area contributed by atoms with E-state index in [0.717, 1.165) is 22.2 Å². The van der Waals surface area contributed by atoms with E-state index < -0.39 is 0 Å². The average molecular weight is 224 g/mol. The first kappa shape index (κ1) is 10.6. The van der Waals surface area contributed by atoms with Crippen LogP contribution in [0.1, 0.15) is 41.4 Å². The van der Waals surface area contributed by atoms with Crippen LogP contribution in [0.2, 0.25) is 0 Å². The number of carbonyl (C=O) groups is 1. The highest BCUT2D eigenvalue weighted by atomic mass is 32.1. The summed E-state index contributed by atoms with van der Waals surface area (Å²) in [6.45, 7) is 3.92. The number of thiazole rings is 1. The van der Waals surface area contributed by atoms with Crippen LogP contribution in [0, 0.1) is 5.92 Å². The van der Waals surface area contributed by atoms with Crippen LogP contribution in [0.4, 0.5) is 0 Å². The minimum absolute atomic E-state index is 0.00421. The first-order valence-electron chi connectivity index (χ1n) is 5.40. The second-order valence-electron chi connectivity index (χ2n) is 4.39. The lowest BCUT2D eigenvalue weighted by Gasteiger charge is -2.05. The van der Waals surface area contributed by atoms with E-state index >= 15 is 0 Å². The van der Waals surface area contributed by atoms with Crippen LogP contribution < -0.4 is 5.32 Å². The average Bonchev–Trinajstić information content (AvgIpc) is 2.80. The molecule has 1 aliphatic carbocycles. The van der Waals surface area contributed by atoms with Gasteiger partial charge in [-0.15, -0.1) is 11.3 Å². The van der Waals surface area contributed by atoms with Crippen molar-refractivity contribution in [2.75, 3.05) is 0 Å². The third-order valence-electron chi connectivity index (χ3n) is 2.36. The lowest BCUT2D eigenvalue weighted by Crippen LogP contribution is -2.29. The quantitative estimate of drug-likeness (QED) is 0.852. The molecule has 1 aromatic heterocycles. The zero-order chi connectivity index (χ0) is 10.8. The molecule has 0 spiro atoms. The van der Waals surface area contributed by atoms with Gasteiger partial charge in [0.05, 0.1) is 11.2 Å². The standard InChI is InChI=1S/C11H16N2OS/c1-7(2)13-11(14)9-6-12-10(15-9)5-8-3-4-8/h6-8H,3-5H2,1-2H3,(H,13,14).